The third-order valence-electron chi connectivity index (χ3n) is 2.24. The molecule has 1 aliphatic heterocycles. The van der Waals surface area contributed by atoms with Gasteiger partial charge in [-0.25, -0.2) is 0 Å². The maximum Gasteiger partial charge on any atom is 0.180 e. The largest absolute Gasteiger partial charge is 0.486 e. The summed E-state index contributed by atoms with van der Waals surface area (Å²) in [6, 6.07) is 3.63. The molecule has 1 heterocycles. The van der Waals surface area contributed by atoms with Crippen LogP contribution in [0, 0.1) is 0 Å². The van der Waals surface area contributed by atoms with E-state index < -0.39 is 6.10 Å². The maximum absolute atomic E-state index is 9.35. The Morgan fingerprint density at radius 1 is 1.33 bits per heavy atom. The fraction of sp³-hybridized carbons (Fsp3) is 0.455. The molecular formula is C11H13ClO3. The van der Waals surface area contributed by atoms with Crippen LogP contribution in [0.1, 0.15) is 12.5 Å². The number of halogens is 1. The van der Waals surface area contributed by atoms with E-state index in [0.717, 1.165) is 5.56 Å². The maximum atomic E-state index is 9.35. The van der Waals surface area contributed by atoms with Gasteiger partial charge < -0.3 is 14.6 Å². The fourth-order valence-corrected chi connectivity index (χ4v) is 1.84. The summed E-state index contributed by atoms with van der Waals surface area (Å²) >= 11 is 5.98. The summed E-state index contributed by atoms with van der Waals surface area (Å²) in [5.41, 5.74) is 0.934. The molecule has 1 N–H and O–H groups in total. The molecule has 0 spiro atoms. The zero-order valence-corrected chi connectivity index (χ0v) is 9.25. The molecule has 1 atom stereocenters. The average molecular weight is 229 g/mol. The minimum Gasteiger partial charge on any atom is -0.486 e. The van der Waals surface area contributed by atoms with Crippen LogP contribution in [-0.4, -0.2) is 24.4 Å². The van der Waals surface area contributed by atoms with E-state index in [0.29, 0.717) is 36.2 Å². The van der Waals surface area contributed by atoms with E-state index in [2.05, 4.69) is 0 Å². The lowest BCUT2D eigenvalue weighted by atomic mass is 10.1. The SMILES string of the molecule is CC(O)Cc1ccc(Cl)c2c1OCCO2. The van der Waals surface area contributed by atoms with Crippen molar-refractivity contribution in [2.45, 2.75) is 19.4 Å². The highest BCUT2D eigenvalue weighted by atomic mass is 35.5. The normalized spacial score (nSPS) is 16.2. The Hall–Kier alpha value is -0.930. The second-order valence-corrected chi connectivity index (χ2v) is 4.02. The monoisotopic (exact) mass is 228 g/mol. The smallest absolute Gasteiger partial charge is 0.180 e. The first-order valence-corrected chi connectivity index (χ1v) is 5.31. The van der Waals surface area contributed by atoms with Crippen molar-refractivity contribution in [3.63, 3.8) is 0 Å². The molecule has 0 bridgehead atoms. The molecule has 0 aliphatic carbocycles. The zero-order chi connectivity index (χ0) is 10.8. The Balaban J connectivity index is 2.39. The predicted molar refractivity (Wildman–Crippen MR) is 57.8 cm³/mol. The van der Waals surface area contributed by atoms with Crippen LogP contribution in [0.15, 0.2) is 12.1 Å². The van der Waals surface area contributed by atoms with Crippen molar-refractivity contribution in [3.05, 3.63) is 22.7 Å². The number of hydrogen-bond acceptors (Lipinski definition) is 3. The van der Waals surface area contributed by atoms with Gasteiger partial charge in [0, 0.05) is 12.0 Å². The zero-order valence-electron chi connectivity index (χ0n) is 8.50. The third kappa shape index (κ3) is 2.19. The third-order valence-corrected chi connectivity index (χ3v) is 2.53. The summed E-state index contributed by atoms with van der Waals surface area (Å²) in [6.45, 7) is 2.79. The number of ether oxygens (including phenoxy) is 2. The van der Waals surface area contributed by atoms with Gasteiger partial charge in [-0.1, -0.05) is 17.7 Å². The Morgan fingerprint density at radius 2 is 2.00 bits per heavy atom. The second-order valence-electron chi connectivity index (χ2n) is 3.61. The van der Waals surface area contributed by atoms with Gasteiger partial charge in [-0.15, -0.1) is 0 Å². The standard InChI is InChI=1S/C11H13ClO3/c1-7(13)6-8-2-3-9(12)11-10(8)14-4-5-15-11/h2-3,7,13H,4-6H2,1H3. The second kappa shape index (κ2) is 4.29. The van der Waals surface area contributed by atoms with E-state index in [1.54, 1.807) is 13.0 Å². The first kappa shape index (κ1) is 10.6. The van der Waals surface area contributed by atoms with E-state index >= 15 is 0 Å². The summed E-state index contributed by atoms with van der Waals surface area (Å²) in [5.74, 6) is 1.27. The Morgan fingerprint density at radius 3 is 2.67 bits per heavy atom. The van der Waals surface area contributed by atoms with E-state index in [-0.39, 0.29) is 0 Å². The minimum absolute atomic E-state index is 0.402. The van der Waals surface area contributed by atoms with Gasteiger partial charge in [-0.05, 0) is 13.0 Å². The van der Waals surface area contributed by atoms with Crippen molar-refractivity contribution < 1.29 is 14.6 Å². The molecule has 1 aliphatic rings. The number of hydrogen-bond donors (Lipinski definition) is 1. The van der Waals surface area contributed by atoms with Gasteiger partial charge in [0.15, 0.2) is 11.5 Å². The molecular weight excluding hydrogens is 216 g/mol. The molecule has 1 aromatic rings. The Labute approximate surface area is 93.6 Å². The van der Waals surface area contributed by atoms with E-state index in [1.807, 2.05) is 6.07 Å². The number of benzene rings is 1. The van der Waals surface area contributed by atoms with Crippen LogP contribution in [0.5, 0.6) is 11.5 Å². The van der Waals surface area contributed by atoms with Crippen LogP contribution in [0.2, 0.25) is 5.02 Å². The van der Waals surface area contributed by atoms with Gasteiger partial charge in [0.05, 0.1) is 11.1 Å². The molecule has 0 radical (unpaired) electrons. The van der Waals surface area contributed by atoms with Gasteiger partial charge in [-0.2, -0.15) is 0 Å². The molecule has 0 saturated carbocycles. The first-order valence-electron chi connectivity index (χ1n) is 4.93. The minimum atomic E-state index is -0.402. The average Bonchev–Trinajstić information content (AvgIpc) is 2.22. The molecule has 0 fully saturated rings. The van der Waals surface area contributed by atoms with Crippen LogP contribution in [0.3, 0.4) is 0 Å². The molecule has 2 rings (SSSR count). The van der Waals surface area contributed by atoms with E-state index in [1.165, 1.54) is 0 Å². The van der Waals surface area contributed by atoms with Gasteiger partial charge in [0.25, 0.3) is 0 Å². The van der Waals surface area contributed by atoms with Crippen molar-refractivity contribution in [1.82, 2.24) is 0 Å². The topological polar surface area (TPSA) is 38.7 Å². The number of aliphatic hydroxyl groups is 1. The van der Waals surface area contributed by atoms with Crippen molar-refractivity contribution in [3.8, 4) is 11.5 Å². The predicted octanol–water partition coefficient (Wildman–Crippen LogP) is 2.03. The highest BCUT2D eigenvalue weighted by Gasteiger charge is 2.19. The summed E-state index contributed by atoms with van der Waals surface area (Å²) in [5, 5.41) is 9.90. The van der Waals surface area contributed by atoms with Gasteiger partial charge >= 0.3 is 0 Å². The molecule has 15 heavy (non-hydrogen) atoms. The fourth-order valence-electron chi connectivity index (χ4n) is 1.64. The van der Waals surface area contributed by atoms with Crippen molar-refractivity contribution in [2.24, 2.45) is 0 Å². The number of rotatable bonds is 2. The van der Waals surface area contributed by atoms with Crippen molar-refractivity contribution >= 4 is 11.6 Å². The molecule has 1 aromatic carbocycles. The lowest BCUT2D eigenvalue weighted by molar-refractivity contribution is 0.164. The Kier molecular flexibility index (Phi) is 3.03. The molecule has 0 saturated heterocycles. The van der Waals surface area contributed by atoms with Crippen LogP contribution >= 0.6 is 11.6 Å². The lowest BCUT2D eigenvalue weighted by Gasteiger charge is -2.22. The van der Waals surface area contributed by atoms with Crippen molar-refractivity contribution in [1.29, 1.82) is 0 Å². The summed E-state index contributed by atoms with van der Waals surface area (Å²) in [4.78, 5) is 0. The van der Waals surface area contributed by atoms with E-state index in [4.69, 9.17) is 21.1 Å². The highest BCUT2D eigenvalue weighted by molar-refractivity contribution is 6.32. The first-order chi connectivity index (χ1) is 7.18. The molecule has 0 amide bonds. The van der Waals surface area contributed by atoms with Crippen LogP contribution < -0.4 is 9.47 Å². The summed E-state index contributed by atoms with van der Waals surface area (Å²) < 4.78 is 11.0. The van der Waals surface area contributed by atoms with Crippen LogP contribution in [-0.2, 0) is 6.42 Å². The van der Waals surface area contributed by atoms with Crippen molar-refractivity contribution in [2.75, 3.05) is 13.2 Å². The van der Waals surface area contributed by atoms with Crippen LogP contribution in [0.4, 0.5) is 0 Å². The number of fused-ring (bicyclic) bond motifs is 1. The highest BCUT2D eigenvalue weighted by Crippen LogP contribution is 2.40. The Bertz CT molecular complexity index is 363. The molecule has 1 unspecified atom stereocenters. The van der Waals surface area contributed by atoms with Crippen LogP contribution in [0.25, 0.3) is 0 Å². The van der Waals surface area contributed by atoms with Gasteiger partial charge in [0.2, 0.25) is 0 Å². The molecule has 82 valence electrons. The van der Waals surface area contributed by atoms with Gasteiger partial charge in [0.1, 0.15) is 13.2 Å². The van der Waals surface area contributed by atoms with E-state index in [9.17, 15) is 5.11 Å². The number of aliphatic hydroxyl groups excluding tert-OH is 1. The molecule has 0 aromatic heterocycles. The lowest BCUT2D eigenvalue weighted by Crippen LogP contribution is -2.18. The molecule has 4 heteroatoms. The summed E-state index contributed by atoms with van der Waals surface area (Å²) in [7, 11) is 0. The van der Waals surface area contributed by atoms with Gasteiger partial charge in [-0.3, -0.25) is 0 Å². The quantitative estimate of drug-likeness (QED) is 0.842. The molecule has 3 nitrogen and oxygen atoms in total. The summed E-state index contributed by atoms with van der Waals surface area (Å²) in [6.07, 6.45) is 0.142.